The van der Waals surface area contributed by atoms with E-state index in [0.717, 1.165) is 17.0 Å². The molecule has 0 heterocycles. The minimum Gasteiger partial charge on any atom is -0.489 e. The molecule has 21 heavy (non-hydrogen) atoms. The van der Waals surface area contributed by atoms with Crippen molar-refractivity contribution < 1.29 is 14.2 Å². The van der Waals surface area contributed by atoms with E-state index in [2.05, 4.69) is 5.32 Å². The molecule has 0 spiro atoms. The van der Waals surface area contributed by atoms with Gasteiger partial charge in [-0.15, -0.1) is 0 Å². The summed E-state index contributed by atoms with van der Waals surface area (Å²) in [6, 6.07) is 17.9. The first kappa shape index (κ1) is 15.4. The summed E-state index contributed by atoms with van der Waals surface area (Å²) in [6.07, 6.45) is -0.251. The third-order valence-corrected chi connectivity index (χ3v) is 3.10. The van der Waals surface area contributed by atoms with E-state index in [1.54, 1.807) is 14.2 Å². The maximum atomic E-state index is 5.74. The Morgan fingerprint density at radius 1 is 0.905 bits per heavy atom. The Morgan fingerprint density at radius 2 is 1.57 bits per heavy atom. The van der Waals surface area contributed by atoms with Gasteiger partial charge in [-0.1, -0.05) is 30.3 Å². The molecule has 0 unspecified atom stereocenters. The van der Waals surface area contributed by atoms with E-state index >= 15 is 0 Å². The van der Waals surface area contributed by atoms with E-state index in [9.17, 15) is 0 Å². The number of hydrogen-bond acceptors (Lipinski definition) is 4. The third kappa shape index (κ3) is 5.10. The van der Waals surface area contributed by atoms with E-state index < -0.39 is 0 Å². The first-order valence-electron chi connectivity index (χ1n) is 6.88. The molecule has 4 heteroatoms. The second-order valence-corrected chi connectivity index (χ2v) is 4.58. The molecule has 0 aliphatic rings. The highest BCUT2D eigenvalue weighted by atomic mass is 16.7. The lowest BCUT2D eigenvalue weighted by Crippen LogP contribution is -2.23. The monoisotopic (exact) mass is 287 g/mol. The van der Waals surface area contributed by atoms with E-state index in [0.29, 0.717) is 13.2 Å². The third-order valence-electron chi connectivity index (χ3n) is 3.10. The van der Waals surface area contributed by atoms with E-state index in [4.69, 9.17) is 14.2 Å². The minimum absolute atomic E-state index is 0.251. The number of ether oxygens (including phenoxy) is 3. The molecule has 0 aliphatic heterocycles. The molecule has 0 fully saturated rings. The first-order chi connectivity index (χ1) is 10.3. The molecule has 1 N–H and O–H groups in total. The summed E-state index contributed by atoms with van der Waals surface area (Å²) in [7, 11) is 3.24. The maximum Gasteiger partial charge on any atom is 0.173 e. The molecule has 0 aliphatic carbocycles. The predicted octanol–water partition coefficient (Wildman–Crippen LogP) is 3.30. The summed E-state index contributed by atoms with van der Waals surface area (Å²) in [6.45, 7) is 1.17. The van der Waals surface area contributed by atoms with Gasteiger partial charge in [-0.05, 0) is 29.8 Å². The zero-order valence-electron chi connectivity index (χ0n) is 12.4. The van der Waals surface area contributed by atoms with Crippen molar-refractivity contribution in [1.29, 1.82) is 0 Å². The molecule has 0 atom stereocenters. The van der Waals surface area contributed by atoms with Crippen molar-refractivity contribution >= 4 is 5.69 Å². The summed E-state index contributed by atoms with van der Waals surface area (Å²) in [5.74, 6) is 0.847. The molecule has 0 radical (unpaired) electrons. The quantitative estimate of drug-likeness (QED) is 0.756. The highest BCUT2D eigenvalue weighted by molar-refractivity contribution is 5.46. The summed E-state index contributed by atoms with van der Waals surface area (Å²) in [5, 5.41) is 3.24. The second-order valence-electron chi connectivity index (χ2n) is 4.58. The van der Waals surface area contributed by atoms with Crippen molar-refractivity contribution in [1.82, 2.24) is 0 Å². The Labute approximate surface area is 125 Å². The standard InChI is InChI=1S/C17H21NO3/c1-19-17(20-2)12-18-15-8-10-16(11-9-15)21-13-14-6-4-3-5-7-14/h3-11,17-18H,12-13H2,1-2H3. The zero-order chi connectivity index (χ0) is 14.9. The number of hydrogen-bond donors (Lipinski definition) is 1. The van der Waals surface area contributed by atoms with Crippen LogP contribution in [-0.4, -0.2) is 27.1 Å². The molecular formula is C17H21NO3. The number of rotatable bonds is 8. The fourth-order valence-electron chi connectivity index (χ4n) is 1.87. The Kier molecular flexibility index (Phi) is 6.06. The van der Waals surface area contributed by atoms with Crippen LogP contribution in [-0.2, 0) is 16.1 Å². The number of benzene rings is 2. The molecule has 0 aromatic heterocycles. The van der Waals surface area contributed by atoms with Crippen LogP contribution in [0.15, 0.2) is 54.6 Å². The molecule has 4 nitrogen and oxygen atoms in total. The van der Waals surface area contributed by atoms with Crippen LogP contribution in [0, 0.1) is 0 Å². The maximum absolute atomic E-state index is 5.74. The smallest absolute Gasteiger partial charge is 0.173 e. The van der Waals surface area contributed by atoms with Crippen LogP contribution in [0.2, 0.25) is 0 Å². The largest absolute Gasteiger partial charge is 0.489 e. The van der Waals surface area contributed by atoms with Gasteiger partial charge in [0.25, 0.3) is 0 Å². The molecule has 2 aromatic carbocycles. The van der Waals surface area contributed by atoms with Crippen LogP contribution >= 0.6 is 0 Å². The van der Waals surface area contributed by atoms with Crippen LogP contribution in [0.4, 0.5) is 5.69 Å². The topological polar surface area (TPSA) is 39.7 Å². The van der Waals surface area contributed by atoms with Crippen molar-refractivity contribution in [2.24, 2.45) is 0 Å². The summed E-state index contributed by atoms with van der Waals surface area (Å²) < 4.78 is 16.0. The fraction of sp³-hybridized carbons (Fsp3) is 0.294. The molecule has 0 saturated carbocycles. The van der Waals surface area contributed by atoms with Gasteiger partial charge in [0.2, 0.25) is 0 Å². The molecule has 112 valence electrons. The lowest BCUT2D eigenvalue weighted by atomic mass is 10.2. The van der Waals surface area contributed by atoms with Crippen LogP contribution in [0.25, 0.3) is 0 Å². The van der Waals surface area contributed by atoms with E-state index in [1.807, 2.05) is 54.6 Å². The van der Waals surface area contributed by atoms with Crippen molar-refractivity contribution in [2.75, 3.05) is 26.1 Å². The van der Waals surface area contributed by atoms with Gasteiger partial charge in [0.15, 0.2) is 6.29 Å². The van der Waals surface area contributed by atoms with Crippen LogP contribution in [0.1, 0.15) is 5.56 Å². The van der Waals surface area contributed by atoms with Gasteiger partial charge in [-0.2, -0.15) is 0 Å². The Bertz CT molecular complexity index is 509. The van der Waals surface area contributed by atoms with E-state index in [-0.39, 0.29) is 6.29 Å². The SMILES string of the molecule is COC(CNc1ccc(OCc2ccccc2)cc1)OC. The molecular weight excluding hydrogens is 266 g/mol. The Hall–Kier alpha value is -2.04. The molecule has 2 rings (SSSR count). The molecule has 0 amide bonds. The average Bonchev–Trinajstić information content (AvgIpc) is 2.56. The average molecular weight is 287 g/mol. The summed E-state index contributed by atoms with van der Waals surface area (Å²) >= 11 is 0. The van der Waals surface area contributed by atoms with Crippen molar-refractivity contribution in [3.05, 3.63) is 60.2 Å². The fourth-order valence-corrected chi connectivity index (χ4v) is 1.87. The van der Waals surface area contributed by atoms with Gasteiger partial charge < -0.3 is 19.5 Å². The summed E-state index contributed by atoms with van der Waals surface area (Å²) in [4.78, 5) is 0. The normalized spacial score (nSPS) is 10.6. The van der Waals surface area contributed by atoms with Gasteiger partial charge in [0.1, 0.15) is 12.4 Å². The molecule has 0 bridgehead atoms. The number of anilines is 1. The van der Waals surface area contributed by atoms with Gasteiger partial charge in [-0.3, -0.25) is 0 Å². The minimum atomic E-state index is -0.251. The second kappa shape index (κ2) is 8.29. The number of nitrogens with one attached hydrogen (secondary N) is 1. The Morgan fingerprint density at radius 3 is 2.19 bits per heavy atom. The predicted molar refractivity (Wildman–Crippen MR) is 83.5 cm³/mol. The van der Waals surface area contributed by atoms with Gasteiger partial charge in [0, 0.05) is 19.9 Å². The zero-order valence-corrected chi connectivity index (χ0v) is 12.4. The van der Waals surface area contributed by atoms with Crippen LogP contribution in [0.3, 0.4) is 0 Å². The highest BCUT2D eigenvalue weighted by Gasteiger charge is 2.04. The van der Waals surface area contributed by atoms with Gasteiger partial charge >= 0.3 is 0 Å². The first-order valence-corrected chi connectivity index (χ1v) is 6.88. The van der Waals surface area contributed by atoms with Crippen LogP contribution < -0.4 is 10.1 Å². The highest BCUT2D eigenvalue weighted by Crippen LogP contribution is 2.17. The molecule has 2 aromatic rings. The van der Waals surface area contributed by atoms with Gasteiger partial charge in [-0.25, -0.2) is 0 Å². The van der Waals surface area contributed by atoms with Crippen molar-refractivity contribution in [3.8, 4) is 5.75 Å². The van der Waals surface area contributed by atoms with E-state index in [1.165, 1.54) is 0 Å². The lowest BCUT2D eigenvalue weighted by Gasteiger charge is -2.15. The Balaban J connectivity index is 1.81. The van der Waals surface area contributed by atoms with Crippen molar-refractivity contribution in [3.63, 3.8) is 0 Å². The van der Waals surface area contributed by atoms with Crippen molar-refractivity contribution in [2.45, 2.75) is 12.9 Å². The van der Waals surface area contributed by atoms with Crippen LogP contribution in [0.5, 0.6) is 5.75 Å². The number of methoxy groups -OCH3 is 2. The lowest BCUT2D eigenvalue weighted by molar-refractivity contribution is -0.0914. The summed E-state index contributed by atoms with van der Waals surface area (Å²) in [5.41, 5.74) is 2.16. The van der Waals surface area contributed by atoms with Gasteiger partial charge in [0.05, 0.1) is 6.54 Å². The molecule has 0 saturated heterocycles.